The van der Waals surface area contributed by atoms with Crippen LogP contribution in [0, 0.1) is 5.82 Å². The quantitative estimate of drug-likeness (QED) is 0.484. The van der Waals surface area contributed by atoms with Crippen LogP contribution in [0.1, 0.15) is 5.56 Å². The second-order valence-corrected chi connectivity index (χ2v) is 8.21. The summed E-state index contributed by atoms with van der Waals surface area (Å²) in [5.74, 6) is 0.319. The smallest absolute Gasteiger partial charge is 0.233 e. The zero-order valence-corrected chi connectivity index (χ0v) is 16.3. The Morgan fingerprint density at radius 3 is 2.78 bits per heavy atom. The first-order valence-electron chi connectivity index (χ1n) is 8.75. The van der Waals surface area contributed by atoms with E-state index in [-0.39, 0.29) is 11.7 Å². The molecule has 3 aromatic rings. The molecule has 1 saturated heterocycles. The van der Waals surface area contributed by atoms with Gasteiger partial charge >= 0.3 is 0 Å². The van der Waals surface area contributed by atoms with Gasteiger partial charge in [0.25, 0.3) is 0 Å². The SMILES string of the molecule is O=C(CSc1ncnc2sccc12)N1CCN(Cc2ccccc2F)CC1. The van der Waals surface area contributed by atoms with Crippen molar-refractivity contribution in [3.63, 3.8) is 0 Å². The molecule has 1 aliphatic rings. The zero-order valence-electron chi connectivity index (χ0n) is 14.7. The number of carbonyl (C=O) groups is 1. The first-order valence-corrected chi connectivity index (χ1v) is 10.6. The van der Waals surface area contributed by atoms with Gasteiger partial charge in [0, 0.05) is 43.7 Å². The first kappa shape index (κ1) is 18.3. The molecule has 3 heterocycles. The molecule has 0 bridgehead atoms. The molecule has 1 aromatic carbocycles. The lowest BCUT2D eigenvalue weighted by molar-refractivity contribution is -0.130. The predicted molar refractivity (Wildman–Crippen MR) is 106 cm³/mol. The van der Waals surface area contributed by atoms with Crippen molar-refractivity contribution in [3.8, 4) is 0 Å². The topological polar surface area (TPSA) is 49.3 Å². The molecule has 0 radical (unpaired) electrons. The summed E-state index contributed by atoms with van der Waals surface area (Å²) in [5.41, 5.74) is 0.705. The Morgan fingerprint density at radius 1 is 1.15 bits per heavy atom. The zero-order chi connectivity index (χ0) is 18.6. The number of hydrogen-bond donors (Lipinski definition) is 0. The van der Waals surface area contributed by atoms with Crippen LogP contribution in [0.4, 0.5) is 4.39 Å². The fourth-order valence-electron chi connectivity index (χ4n) is 3.13. The van der Waals surface area contributed by atoms with E-state index in [4.69, 9.17) is 0 Å². The van der Waals surface area contributed by atoms with Gasteiger partial charge in [0.15, 0.2) is 0 Å². The molecule has 0 spiro atoms. The molecular weight excluding hydrogens is 383 g/mol. The summed E-state index contributed by atoms with van der Waals surface area (Å²) in [7, 11) is 0. The van der Waals surface area contributed by atoms with Gasteiger partial charge in [0.05, 0.1) is 5.75 Å². The maximum atomic E-state index is 13.8. The number of amides is 1. The number of thiophene rings is 1. The van der Waals surface area contributed by atoms with Gasteiger partial charge in [-0.15, -0.1) is 11.3 Å². The molecular formula is C19H19FN4OS2. The number of carbonyl (C=O) groups excluding carboxylic acids is 1. The number of nitrogens with zero attached hydrogens (tertiary/aromatic N) is 4. The normalized spacial score (nSPS) is 15.4. The molecule has 0 N–H and O–H groups in total. The second kappa shape index (κ2) is 8.33. The van der Waals surface area contributed by atoms with Crippen LogP contribution in [0.3, 0.4) is 0 Å². The van der Waals surface area contributed by atoms with Crippen LogP contribution in [0.25, 0.3) is 10.2 Å². The van der Waals surface area contributed by atoms with E-state index in [1.807, 2.05) is 28.5 Å². The van der Waals surface area contributed by atoms with Crippen LogP contribution in [0.2, 0.25) is 0 Å². The average molecular weight is 403 g/mol. The van der Waals surface area contributed by atoms with Gasteiger partial charge < -0.3 is 4.90 Å². The molecule has 5 nitrogen and oxygen atoms in total. The predicted octanol–water partition coefficient (Wildman–Crippen LogP) is 3.27. The van der Waals surface area contributed by atoms with Gasteiger partial charge in [-0.25, -0.2) is 14.4 Å². The minimum absolute atomic E-state index is 0.118. The van der Waals surface area contributed by atoms with Crippen molar-refractivity contribution in [1.29, 1.82) is 0 Å². The Bertz CT molecular complexity index is 940. The van der Waals surface area contributed by atoms with Crippen molar-refractivity contribution in [1.82, 2.24) is 19.8 Å². The van der Waals surface area contributed by atoms with Gasteiger partial charge in [-0.2, -0.15) is 0 Å². The number of aromatic nitrogens is 2. The van der Waals surface area contributed by atoms with Crippen LogP contribution < -0.4 is 0 Å². The lowest BCUT2D eigenvalue weighted by Crippen LogP contribution is -2.48. The molecule has 1 fully saturated rings. The van der Waals surface area contributed by atoms with Gasteiger partial charge in [0.1, 0.15) is 22.0 Å². The Morgan fingerprint density at radius 2 is 1.96 bits per heavy atom. The van der Waals surface area contributed by atoms with E-state index in [2.05, 4.69) is 14.9 Å². The molecule has 0 aliphatic carbocycles. The summed E-state index contributed by atoms with van der Waals surface area (Å²) in [4.78, 5) is 26.1. The lowest BCUT2D eigenvalue weighted by atomic mass is 10.2. The molecule has 2 aromatic heterocycles. The highest BCUT2D eigenvalue weighted by Gasteiger charge is 2.22. The summed E-state index contributed by atoms with van der Waals surface area (Å²) in [5, 5.41) is 3.85. The van der Waals surface area contributed by atoms with Crippen LogP contribution in [0.15, 0.2) is 47.1 Å². The third-order valence-corrected chi connectivity index (χ3v) is 6.45. The monoisotopic (exact) mass is 402 g/mol. The first-order chi connectivity index (χ1) is 13.2. The maximum absolute atomic E-state index is 13.8. The summed E-state index contributed by atoms with van der Waals surface area (Å²) in [6.45, 7) is 3.44. The minimum atomic E-state index is -0.169. The lowest BCUT2D eigenvalue weighted by Gasteiger charge is -2.34. The maximum Gasteiger partial charge on any atom is 0.233 e. The highest BCUT2D eigenvalue weighted by atomic mass is 32.2. The van der Waals surface area contributed by atoms with E-state index in [0.29, 0.717) is 31.0 Å². The van der Waals surface area contributed by atoms with E-state index in [0.717, 1.165) is 28.3 Å². The van der Waals surface area contributed by atoms with Crippen molar-refractivity contribution in [2.45, 2.75) is 11.6 Å². The highest BCUT2D eigenvalue weighted by molar-refractivity contribution is 8.00. The van der Waals surface area contributed by atoms with E-state index < -0.39 is 0 Å². The van der Waals surface area contributed by atoms with Crippen LogP contribution in [-0.4, -0.2) is 57.6 Å². The molecule has 1 amide bonds. The Labute approximate surface area is 165 Å². The van der Waals surface area contributed by atoms with Crippen molar-refractivity contribution >= 4 is 39.2 Å². The molecule has 8 heteroatoms. The van der Waals surface area contributed by atoms with Crippen LogP contribution >= 0.6 is 23.1 Å². The molecule has 1 aliphatic heterocycles. The average Bonchev–Trinajstić information content (AvgIpc) is 3.18. The van der Waals surface area contributed by atoms with Crippen molar-refractivity contribution in [2.24, 2.45) is 0 Å². The van der Waals surface area contributed by atoms with Crippen LogP contribution in [0.5, 0.6) is 0 Å². The number of piperazine rings is 1. The highest BCUT2D eigenvalue weighted by Crippen LogP contribution is 2.27. The minimum Gasteiger partial charge on any atom is -0.339 e. The molecule has 0 saturated carbocycles. The number of halogens is 1. The largest absolute Gasteiger partial charge is 0.339 e. The third-order valence-electron chi connectivity index (χ3n) is 4.63. The molecule has 27 heavy (non-hydrogen) atoms. The number of benzene rings is 1. The van der Waals surface area contributed by atoms with Gasteiger partial charge in [-0.1, -0.05) is 30.0 Å². The van der Waals surface area contributed by atoms with E-state index >= 15 is 0 Å². The number of hydrogen-bond acceptors (Lipinski definition) is 6. The number of rotatable bonds is 5. The summed E-state index contributed by atoms with van der Waals surface area (Å²) < 4.78 is 13.8. The summed E-state index contributed by atoms with van der Waals surface area (Å²) in [6.07, 6.45) is 1.55. The number of fused-ring (bicyclic) bond motifs is 1. The van der Waals surface area contributed by atoms with E-state index in [1.165, 1.54) is 17.8 Å². The Kier molecular flexibility index (Phi) is 5.66. The number of thioether (sulfide) groups is 1. The Hall–Kier alpha value is -2.03. The van der Waals surface area contributed by atoms with Gasteiger partial charge in [-0.05, 0) is 17.5 Å². The third kappa shape index (κ3) is 4.28. The van der Waals surface area contributed by atoms with E-state index in [1.54, 1.807) is 23.7 Å². The van der Waals surface area contributed by atoms with Crippen LogP contribution in [-0.2, 0) is 11.3 Å². The van der Waals surface area contributed by atoms with Crippen molar-refractivity contribution < 1.29 is 9.18 Å². The fraction of sp³-hybridized carbons (Fsp3) is 0.316. The standard InChI is InChI=1S/C19H19FN4OS2/c20-16-4-2-1-3-14(16)11-23-6-8-24(9-7-23)17(25)12-27-19-15-5-10-26-18(15)21-13-22-19/h1-5,10,13H,6-9,11-12H2. The molecule has 4 rings (SSSR count). The summed E-state index contributed by atoms with van der Waals surface area (Å²) in [6, 6.07) is 8.86. The fourth-order valence-corrected chi connectivity index (χ4v) is 4.81. The molecule has 140 valence electrons. The molecule has 0 unspecified atom stereocenters. The van der Waals surface area contributed by atoms with Crippen molar-refractivity contribution in [2.75, 3.05) is 31.9 Å². The van der Waals surface area contributed by atoms with Gasteiger partial charge in [0.2, 0.25) is 5.91 Å². The summed E-state index contributed by atoms with van der Waals surface area (Å²) >= 11 is 3.04. The van der Waals surface area contributed by atoms with Crippen molar-refractivity contribution in [3.05, 3.63) is 53.4 Å². The van der Waals surface area contributed by atoms with E-state index in [9.17, 15) is 9.18 Å². The van der Waals surface area contributed by atoms with Gasteiger partial charge in [-0.3, -0.25) is 9.69 Å². The second-order valence-electron chi connectivity index (χ2n) is 6.36. The Balaban J connectivity index is 1.29. The molecule has 0 atom stereocenters.